The van der Waals surface area contributed by atoms with E-state index in [0.717, 1.165) is 12.8 Å². The first kappa shape index (κ1) is 18.8. The van der Waals surface area contributed by atoms with E-state index >= 15 is 0 Å². The molecule has 1 aliphatic rings. The highest BCUT2D eigenvalue weighted by Gasteiger charge is 2.16. The van der Waals surface area contributed by atoms with Crippen molar-refractivity contribution in [3.63, 3.8) is 0 Å². The largest absolute Gasteiger partial charge is 0.491 e. The van der Waals surface area contributed by atoms with Crippen LogP contribution < -0.4 is 10.1 Å². The summed E-state index contributed by atoms with van der Waals surface area (Å²) >= 11 is 6.06. The molecule has 1 aliphatic carbocycles. The fourth-order valence-electron chi connectivity index (χ4n) is 3.47. The van der Waals surface area contributed by atoms with Crippen LogP contribution in [0.3, 0.4) is 0 Å². The molecular formula is C22H26ClNO2. The van der Waals surface area contributed by atoms with Crippen LogP contribution in [0.5, 0.6) is 5.75 Å². The minimum Gasteiger partial charge on any atom is -0.491 e. The molecule has 0 aliphatic heterocycles. The van der Waals surface area contributed by atoms with E-state index < -0.39 is 0 Å². The van der Waals surface area contributed by atoms with Crippen molar-refractivity contribution in [2.75, 3.05) is 6.61 Å². The number of hydrogen-bond acceptors (Lipinski definition) is 2. The quantitative estimate of drug-likeness (QED) is 0.721. The summed E-state index contributed by atoms with van der Waals surface area (Å²) in [5, 5.41) is 3.70. The minimum atomic E-state index is 0.00150. The maximum absolute atomic E-state index is 12.3. The van der Waals surface area contributed by atoms with Crippen LogP contribution in [0.1, 0.15) is 55.3 Å². The van der Waals surface area contributed by atoms with Gasteiger partial charge in [0.2, 0.25) is 5.91 Å². The molecule has 0 saturated heterocycles. The number of ether oxygens (including phenoxy) is 1. The Morgan fingerprint density at radius 3 is 2.69 bits per heavy atom. The van der Waals surface area contributed by atoms with E-state index in [1.54, 1.807) is 6.07 Å². The Kier molecular flexibility index (Phi) is 6.56. The molecule has 0 aromatic heterocycles. The van der Waals surface area contributed by atoms with Crippen molar-refractivity contribution in [1.82, 2.24) is 5.32 Å². The van der Waals surface area contributed by atoms with Gasteiger partial charge >= 0.3 is 0 Å². The van der Waals surface area contributed by atoms with E-state index in [2.05, 4.69) is 30.4 Å². The zero-order valence-electron chi connectivity index (χ0n) is 15.3. The molecule has 3 rings (SSSR count). The Balaban J connectivity index is 1.54. The Bertz CT molecular complexity index is 760. The summed E-state index contributed by atoms with van der Waals surface area (Å²) in [4.78, 5) is 12.3. The third kappa shape index (κ3) is 4.79. The van der Waals surface area contributed by atoms with Crippen molar-refractivity contribution in [2.45, 2.75) is 51.5 Å². The van der Waals surface area contributed by atoms with Crippen LogP contribution in [0, 0.1) is 0 Å². The summed E-state index contributed by atoms with van der Waals surface area (Å²) in [6.07, 6.45) is 6.06. The molecule has 4 heteroatoms. The third-order valence-corrected chi connectivity index (χ3v) is 5.25. The molecule has 1 amide bonds. The maximum Gasteiger partial charge on any atom is 0.223 e. The van der Waals surface area contributed by atoms with Gasteiger partial charge in [0.15, 0.2) is 0 Å². The monoisotopic (exact) mass is 371 g/mol. The number of rotatable bonds is 7. The second kappa shape index (κ2) is 9.09. The van der Waals surface area contributed by atoms with Gasteiger partial charge in [-0.3, -0.25) is 4.79 Å². The second-order valence-electron chi connectivity index (χ2n) is 6.79. The van der Waals surface area contributed by atoms with Crippen molar-refractivity contribution in [2.24, 2.45) is 0 Å². The van der Waals surface area contributed by atoms with Crippen LogP contribution in [0.15, 0.2) is 42.5 Å². The Hall–Kier alpha value is -2.00. The average Bonchev–Trinajstić information content (AvgIpc) is 2.67. The zero-order chi connectivity index (χ0) is 18.4. The molecule has 26 heavy (non-hydrogen) atoms. The van der Waals surface area contributed by atoms with E-state index in [4.69, 9.17) is 16.3 Å². The number of fused-ring (bicyclic) bond motifs is 1. The van der Waals surface area contributed by atoms with Crippen molar-refractivity contribution in [3.05, 3.63) is 64.2 Å². The Morgan fingerprint density at radius 2 is 1.92 bits per heavy atom. The molecule has 1 N–H and O–H groups in total. The first-order chi connectivity index (χ1) is 12.7. The second-order valence-corrected chi connectivity index (χ2v) is 7.20. The highest BCUT2D eigenvalue weighted by molar-refractivity contribution is 6.32. The number of benzene rings is 2. The molecule has 0 spiro atoms. The topological polar surface area (TPSA) is 38.3 Å². The van der Waals surface area contributed by atoms with Crippen LogP contribution in [0.25, 0.3) is 0 Å². The van der Waals surface area contributed by atoms with Gasteiger partial charge in [-0.05, 0) is 60.9 Å². The standard InChI is InChI=1S/C22H26ClNO2/c1-2-20(18-12-11-16-7-3-4-8-17(16)15-18)24-22(25)13-14-26-21-10-6-5-9-19(21)23/h5-6,9-12,15,20H,2-4,7-8,13-14H2,1H3,(H,24,25). The summed E-state index contributed by atoms with van der Waals surface area (Å²) in [5.41, 5.74) is 4.12. The Morgan fingerprint density at radius 1 is 1.15 bits per heavy atom. The van der Waals surface area contributed by atoms with Crippen LogP contribution >= 0.6 is 11.6 Å². The number of carbonyl (C=O) groups is 1. The lowest BCUT2D eigenvalue weighted by atomic mass is 9.89. The van der Waals surface area contributed by atoms with E-state index in [0.29, 0.717) is 23.8 Å². The SMILES string of the molecule is CCC(NC(=O)CCOc1ccccc1Cl)c1ccc2c(c1)CCCC2. The summed E-state index contributed by atoms with van der Waals surface area (Å²) in [7, 11) is 0. The van der Waals surface area contributed by atoms with Crippen LogP contribution in [0.2, 0.25) is 5.02 Å². The molecule has 138 valence electrons. The summed E-state index contributed by atoms with van der Waals surface area (Å²) in [6, 6.07) is 14.0. The van der Waals surface area contributed by atoms with E-state index in [9.17, 15) is 4.79 Å². The van der Waals surface area contributed by atoms with Gasteiger partial charge in [-0.25, -0.2) is 0 Å². The van der Waals surface area contributed by atoms with Crippen molar-refractivity contribution >= 4 is 17.5 Å². The minimum absolute atomic E-state index is 0.00150. The molecule has 1 unspecified atom stereocenters. The van der Waals surface area contributed by atoms with Gasteiger partial charge in [-0.15, -0.1) is 0 Å². The van der Waals surface area contributed by atoms with Gasteiger partial charge in [-0.2, -0.15) is 0 Å². The average molecular weight is 372 g/mol. The van der Waals surface area contributed by atoms with Crippen LogP contribution in [0.4, 0.5) is 0 Å². The smallest absolute Gasteiger partial charge is 0.223 e. The van der Waals surface area contributed by atoms with Gasteiger partial charge in [0.25, 0.3) is 0 Å². The number of hydrogen-bond donors (Lipinski definition) is 1. The molecule has 0 bridgehead atoms. The number of para-hydroxylation sites is 1. The number of aryl methyl sites for hydroxylation is 2. The molecular weight excluding hydrogens is 346 g/mol. The maximum atomic E-state index is 12.3. The lowest BCUT2D eigenvalue weighted by molar-refractivity contribution is -0.122. The zero-order valence-corrected chi connectivity index (χ0v) is 16.0. The highest BCUT2D eigenvalue weighted by atomic mass is 35.5. The molecule has 2 aromatic carbocycles. The summed E-state index contributed by atoms with van der Waals surface area (Å²) in [6.45, 7) is 2.42. The summed E-state index contributed by atoms with van der Waals surface area (Å²) in [5.74, 6) is 0.616. The molecule has 0 radical (unpaired) electrons. The predicted octanol–water partition coefficient (Wildman–Crippen LogP) is 5.26. The fraction of sp³-hybridized carbons (Fsp3) is 0.409. The van der Waals surface area contributed by atoms with Crippen LogP contribution in [-0.4, -0.2) is 12.5 Å². The van der Waals surface area contributed by atoms with Gasteiger partial charge in [0.05, 0.1) is 24.1 Å². The van der Waals surface area contributed by atoms with Crippen molar-refractivity contribution in [3.8, 4) is 5.75 Å². The van der Waals surface area contributed by atoms with Gasteiger partial charge in [0, 0.05) is 0 Å². The lowest BCUT2D eigenvalue weighted by Gasteiger charge is -2.22. The fourth-order valence-corrected chi connectivity index (χ4v) is 3.66. The number of halogens is 1. The Labute approximate surface area is 160 Å². The highest BCUT2D eigenvalue weighted by Crippen LogP contribution is 2.26. The van der Waals surface area contributed by atoms with Gasteiger partial charge in [-0.1, -0.05) is 48.9 Å². The molecule has 3 nitrogen and oxygen atoms in total. The first-order valence-corrected chi connectivity index (χ1v) is 9.83. The number of amides is 1. The normalized spacial score (nSPS) is 14.4. The molecule has 2 aromatic rings. The van der Waals surface area contributed by atoms with Crippen molar-refractivity contribution in [1.29, 1.82) is 0 Å². The predicted molar refractivity (Wildman–Crippen MR) is 106 cm³/mol. The van der Waals surface area contributed by atoms with Gasteiger partial charge < -0.3 is 10.1 Å². The third-order valence-electron chi connectivity index (χ3n) is 4.94. The van der Waals surface area contributed by atoms with E-state index in [1.165, 1.54) is 36.0 Å². The lowest BCUT2D eigenvalue weighted by Crippen LogP contribution is -2.29. The van der Waals surface area contributed by atoms with Crippen LogP contribution in [-0.2, 0) is 17.6 Å². The molecule has 1 atom stereocenters. The number of carbonyl (C=O) groups excluding carboxylic acids is 1. The van der Waals surface area contributed by atoms with Gasteiger partial charge in [0.1, 0.15) is 5.75 Å². The molecule has 0 heterocycles. The first-order valence-electron chi connectivity index (χ1n) is 9.45. The van der Waals surface area contributed by atoms with E-state index in [-0.39, 0.29) is 11.9 Å². The van der Waals surface area contributed by atoms with Crippen molar-refractivity contribution < 1.29 is 9.53 Å². The molecule has 0 fully saturated rings. The number of nitrogens with one attached hydrogen (secondary N) is 1. The molecule has 0 saturated carbocycles. The van der Waals surface area contributed by atoms with E-state index in [1.807, 2.05) is 18.2 Å². The summed E-state index contributed by atoms with van der Waals surface area (Å²) < 4.78 is 5.61.